The van der Waals surface area contributed by atoms with Crippen LogP contribution in [0.2, 0.25) is 0 Å². The Morgan fingerprint density at radius 3 is 2.46 bits per heavy atom. The zero-order valence-electron chi connectivity index (χ0n) is 15.3. The zero-order chi connectivity index (χ0) is 18.7. The number of fused-ring (bicyclic) bond motifs is 1. The first kappa shape index (κ1) is 17.7. The highest BCUT2D eigenvalue weighted by Gasteiger charge is 2.17. The molecule has 3 aromatic rings. The Bertz CT molecular complexity index is 942. The summed E-state index contributed by atoms with van der Waals surface area (Å²) in [4.78, 5) is 29.5. The summed E-state index contributed by atoms with van der Waals surface area (Å²) in [5.74, 6) is -0.294. The van der Waals surface area contributed by atoms with Crippen molar-refractivity contribution >= 4 is 28.4 Å². The molecule has 0 aliphatic heterocycles. The number of carbonyl (C=O) groups is 2. The van der Waals surface area contributed by atoms with Gasteiger partial charge in [-0.3, -0.25) is 9.59 Å². The summed E-state index contributed by atoms with van der Waals surface area (Å²) in [6, 6.07) is 15.5. The van der Waals surface area contributed by atoms with Crippen LogP contribution >= 0.6 is 0 Å². The van der Waals surface area contributed by atoms with Crippen molar-refractivity contribution in [3.63, 3.8) is 0 Å². The number of rotatable bonds is 5. The summed E-state index contributed by atoms with van der Waals surface area (Å²) in [6.07, 6.45) is 0.268. The molecule has 2 N–H and O–H groups in total. The van der Waals surface area contributed by atoms with E-state index < -0.39 is 0 Å². The molecule has 0 saturated carbocycles. The molecule has 5 nitrogen and oxygen atoms in total. The van der Waals surface area contributed by atoms with Gasteiger partial charge in [-0.1, -0.05) is 35.9 Å². The Kier molecular flexibility index (Phi) is 5.07. The number of aromatic nitrogens is 1. The van der Waals surface area contributed by atoms with E-state index in [0.29, 0.717) is 0 Å². The molecule has 3 rings (SSSR count). The maximum absolute atomic E-state index is 12.6. The first-order valence-corrected chi connectivity index (χ1v) is 8.60. The molecule has 0 aliphatic carbocycles. The van der Waals surface area contributed by atoms with Crippen LogP contribution in [0, 0.1) is 13.8 Å². The van der Waals surface area contributed by atoms with E-state index >= 15 is 0 Å². The van der Waals surface area contributed by atoms with Crippen LogP contribution in [-0.2, 0) is 16.0 Å². The number of carbonyl (C=O) groups excluding carboxylic acids is 2. The fourth-order valence-corrected chi connectivity index (χ4v) is 2.99. The first-order chi connectivity index (χ1) is 12.4. The lowest BCUT2D eigenvalue weighted by atomic mass is 10.1. The van der Waals surface area contributed by atoms with E-state index in [0.717, 1.165) is 33.4 Å². The van der Waals surface area contributed by atoms with Crippen LogP contribution in [0.15, 0.2) is 48.5 Å². The van der Waals surface area contributed by atoms with Crippen molar-refractivity contribution in [2.75, 3.05) is 18.9 Å². The van der Waals surface area contributed by atoms with Gasteiger partial charge in [0.25, 0.3) is 0 Å². The molecule has 134 valence electrons. The van der Waals surface area contributed by atoms with Crippen LogP contribution in [0.3, 0.4) is 0 Å². The van der Waals surface area contributed by atoms with Gasteiger partial charge < -0.3 is 15.2 Å². The number of likely N-dealkylation sites (N-methyl/N-ethyl adjacent to an activating group) is 1. The van der Waals surface area contributed by atoms with Crippen LogP contribution < -0.4 is 5.32 Å². The molecular formula is C21H23N3O2. The molecule has 0 bridgehead atoms. The van der Waals surface area contributed by atoms with Gasteiger partial charge in [0.2, 0.25) is 11.8 Å². The van der Waals surface area contributed by atoms with Gasteiger partial charge in [0.05, 0.1) is 13.0 Å². The summed E-state index contributed by atoms with van der Waals surface area (Å²) >= 11 is 0. The minimum Gasteiger partial charge on any atom is -0.358 e. The maximum Gasteiger partial charge on any atom is 0.243 e. The SMILES string of the molecule is Cc1ccc(NC(=O)CN(C)C(=O)Cc2c(C)[nH]c3ccccc23)cc1. The third-order valence-corrected chi connectivity index (χ3v) is 4.50. The van der Waals surface area contributed by atoms with Crippen LogP contribution in [0.4, 0.5) is 5.69 Å². The lowest BCUT2D eigenvalue weighted by Gasteiger charge is -2.17. The standard InChI is InChI=1S/C21H23N3O2/c1-14-8-10-16(11-9-14)23-20(25)13-24(3)21(26)12-18-15(2)22-19-7-5-4-6-17(18)19/h4-11,22H,12-13H2,1-3H3,(H,23,25). The molecule has 26 heavy (non-hydrogen) atoms. The number of nitrogens with zero attached hydrogens (tertiary/aromatic N) is 1. The highest BCUT2D eigenvalue weighted by molar-refractivity contribution is 5.95. The van der Waals surface area contributed by atoms with Crippen molar-refractivity contribution in [3.05, 3.63) is 65.4 Å². The van der Waals surface area contributed by atoms with Crippen LogP contribution in [-0.4, -0.2) is 35.3 Å². The normalized spacial score (nSPS) is 10.7. The number of hydrogen-bond donors (Lipinski definition) is 2. The van der Waals surface area contributed by atoms with Crippen molar-refractivity contribution < 1.29 is 9.59 Å². The largest absolute Gasteiger partial charge is 0.358 e. The predicted octanol–water partition coefficient (Wildman–Crippen LogP) is 3.42. The molecule has 0 spiro atoms. The second kappa shape index (κ2) is 7.44. The molecule has 0 saturated heterocycles. The molecule has 0 aliphatic rings. The fourth-order valence-electron chi connectivity index (χ4n) is 2.99. The average molecular weight is 349 g/mol. The number of nitrogens with one attached hydrogen (secondary N) is 2. The van der Waals surface area contributed by atoms with Gasteiger partial charge in [0, 0.05) is 29.3 Å². The van der Waals surface area contributed by atoms with Gasteiger partial charge in [-0.25, -0.2) is 0 Å². The summed E-state index contributed by atoms with van der Waals surface area (Å²) < 4.78 is 0. The molecular weight excluding hydrogens is 326 g/mol. The average Bonchev–Trinajstić information content (AvgIpc) is 2.92. The van der Waals surface area contributed by atoms with Crippen LogP contribution in [0.25, 0.3) is 10.9 Å². The Hall–Kier alpha value is -3.08. The third kappa shape index (κ3) is 3.94. The summed E-state index contributed by atoms with van der Waals surface area (Å²) in [5.41, 5.74) is 4.85. The Labute approximate surface area is 153 Å². The Morgan fingerprint density at radius 1 is 1.04 bits per heavy atom. The van der Waals surface area contributed by atoms with E-state index in [2.05, 4.69) is 10.3 Å². The van der Waals surface area contributed by atoms with Crippen molar-refractivity contribution in [3.8, 4) is 0 Å². The minimum absolute atomic E-state index is 0.0219. The number of anilines is 1. The highest BCUT2D eigenvalue weighted by Crippen LogP contribution is 2.22. The lowest BCUT2D eigenvalue weighted by molar-refractivity contribution is -0.132. The molecule has 0 fully saturated rings. The Balaban J connectivity index is 1.63. The van der Waals surface area contributed by atoms with E-state index in [1.807, 2.05) is 62.4 Å². The molecule has 0 radical (unpaired) electrons. The molecule has 1 aromatic heterocycles. The van der Waals surface area contributed by atoms with E-state index in [1.54, 1.807) is 7.05 Å². The smallest absolute Gasteiger partial charge is 0.243 e. The van der Waals surface area contributed by atoms with Gasteiger partial charge in [0.15, 0.2) is 0 Å². The molecule has 0 unspecified atom stereocenters. The van der Waals surface area contributed by atoms with Gasteiger partial charge in [-0.2, -0.15) is 0 Å². The van der Waals surface area contributed by atoms with E-state index in [-0.39, 0.29) is 24.8 Å². The van der Waals surface area contributed by atoms with E-state index in [9.17, 15) is 9.59 Å². The highest BCUT2D eigenvalue weighted by atomic mass is 16.2. The third-order valence-electron chi connectivity index (χ3n) is 4.50. The summed E-state index contributed by atoms with van der Waals surface area (Å²) in [6.45, 7) is 3.98. The molecule has 2 aromatic carbocycles. The van der Waals surface area contributed by atoms with Crippen molar-refractivity contribution in [1.82, 2.24) is 9.88 Å². The van der Waals surface area contributed by atoms with Gasteiger partial charge in [0.1, 0.15) is 0 Å². The maximum atomic E-state index is 12.6. The van der Waals surface area contributed by atoms with Gasteiger partial charge in [-0.15, -0.1) is 0 Å². The number of benzene rings is 2. The quantitative estimate of drug-likeness (QED) is 0.741. The fraction of sp³-hybridized carbons (Fsp3) is 0.238. The van der Waals surface area contributed by atoms with Crippen molar-refractivity contribution in [2.24, 2.45) is 0 Å². The molecule has 0 atom stereocenters. The number of para-hydroxylation sites is 1. The van der Waals surface area contributed by atoms with Crippen LogP contribution in [0.5, 0.6) is 0 Å². The van der Waals surface area contributed by atoms with Gasteiger partial charge in [-0.05, 0) is 37.6 Å². The van der Waals surface area contributed by atoms with E-state index in [1.165, 1.54) is 4.90 Å². The number of aryl methyl sites for hydroxylation is 2. The minimum atomic E-state index is -0.208. The lowest BCUT2D eigenvalue weighted by Crippen LogP contribution is -2.35. The van der Waals surface area contributed by atoms with Crippen molar-refractivity contribution in [2.45, 2.75) is 20.3 Å². The Morgan fingerprint density at radius 2 is 1.73 bits per heavy atom. The molecule has 5 heteroatoms. The van der Waals surface area contributed by atoms with Crippen molar-refractivity contribution in [1.29, 1.82) is 0 Å². The summed E-state index contributed by atoms with van der Waals surface area (Å²) in [5, 5.41) is 3.87. The number of amides is 2. The number of H-pyrrole nitrogens is 1. The zero-order valence-corrected chi connectivity index (χ0v) is 15.3. The first-order valence-electron chi connectivity index (χ1n) is 8.60. The monoisotopic (exact) mass is 349 g/mol. The topological polar surface area (TPSA) is 65.2 Å². The second-order valence-corrected chi connectivity index (χ2v) is 6.61. The predicted molar refractivity (Wildman–Crippen MR) is 104 cm³/mol. The number of hydrogen-bond acceptors (Lipinski definition) is 2. The van der Waals surface area contributed by atoms with E-state index in [4.69, 9.17) is 0 Å². The second-order valence-electron chi connectivity index (χ2n) is 6.61. The van der Waals surface area contributed by atoms with Crippen LogP contribution in [0.1, 0.15) is 16.8 Å². The molecule has 2 amide bonds. The summed E-state index contributed by atoms with van der Waals surface area (Å²) in [7, 11) is 1.65. The van der Waals surface area contributed by atoms with Gasteiger partial charge >= 0.3 is 0 Å². The molecule has 1 heterocycles. The number of aromatic amines is 1.